The summed E-state index contributed by atoms with van der Waals surface area (Å²) >= 11 is 0. The molecular formula is C12H17FN2. The van der Waals surface area contributed by atoms with Gasteiger partial charge in [-0.15, -0.1) is 0 Å². The standard InChI is InChI=1S/C12H17FN2/c13-9-5-1-3-7-11(9)15-12-8-4-2-6-10(12)14/h1,3,5,7,10,12,15H,2,4,6,8,14H2/t10-,12+/m0/s1. The first-order chi connectivity index (χ1) is 7.27. The molecule has 82 valence electrons. The Hall–Kier alpha value is -1.09. The molecule has 0 spiro atoms. The third kappa shape index (κ3) is 2.48. The molecule has 1 aromatic rings. The van der Waals surface area contributed by atoms with Crippen molar-refractivity contribution in [3.63, 3.8) is 0 Å². The van der Waals surface area contributed by atoms with Crippen LogP contribution in [0.5, 0.6) is 0 Å². The summed E-state index contributed by atoms with van der Waals surface area (Å²) in [5.41, 5.74) is 6.56. The minimum atomic E-state index is -0.199. The van der Waals surface area contributed by atoms with E-state index in [4.69, 9.17) is 5.73 Å². The summed E-state index contributed by atoms with van der Waals surface area (Å²) in [5, 5.41) is 3.20. The van der Waals surface area contributed by atoms with Gasteiger partial charge in [0.25, 0.3) is 0 Å². The number of hydrogen-bond acceptors (Lipinski definition) is 2. The van der Waals surface area contributed by atoms with Gasteiger partial charge in [0, 0.05) is 12.1 Å². The van der Waals surface area contributed by atoms with Crippen LogP contribution in [0.4, 0.5) is 10.1 Å². The van der Waals surface area contributed by atoms with E-state index in [0.717, 1.165) is 12.8 Å². The van der Waals surface area contributed by atoms with Crippen molar-refractivity contribution in [2.75, 3.05) is 5.32 Å². The maximum absolute atomic E-state index is 13.4. The lowest BCUT2D eigenvalue weighted by Gasteiger charge is -2.30. The fourth-order valence-corrected chi connectivity index (χ4v) is 2.12. The predicted molar refractivity (Wildman–Crippen MR) is 60.3 cm³/mol. The van der Waals surface area contributed by atoms with Gasteiger partial charge in [0.15, 0.2) is 0 Å². The second-order valence-corrected chi connectivity index (χ2v) is 4.18. The molecule has 1 aromatic carbocycles. The summed E-state index contributed by atoms with van der Waals surface area (Å²) < 4.78 is 13.4. The number of anilines is 1. The first kappa shape index (κ1) is 10.4. The zero-order valence-electron chi connectivity index (χ0n) is 8.75. The molecule has 1 aliphatic rings. The molecule has 0 unspecified atom stereocenters. The maximum Gasteiger partial charge on any atom is 0.146 e. The first-order valence-electron chi connectivity index (χ1n) is 5.54. The average molecular weight is 208 g/mol. The van der Waals surface area contributed by atoms with Gasteiger partial charge in [-0.2, -0.15) is 0 Å². The number of benzene rings is 1. The lowest BCUT2D eigenvalue weighted by molar-refractivity contribution is 0.403. The normalized spacial score (nSPS) is 26.3. The van der Waals surface area contributed by atoms with Gasteiger partial charge in [0.2, 0.25) is 0 Å². The Morgan fingerprint density at radius 1 is 1.20 bits per heavy atom. The number of halogens is 1. The molecule has 0 radical (unpaired) electrons. The van der Waals surface area contributed by atoms with E-state index in [1.165, 1.54) is 18.9 Å². The third-order valence-corrected chi connectivity index (χ3v) is 3.03. The Labute approximate surface area is 89.7 Å². The topological polar surface area (TPSA) is 38.0 Å². The summed E-state index contributed by atoms with van der Waals surface area (Å²) in [6.07, 6.45) is 4.44. The van der Waals surface area contributed by atoms with Crippen LogP contribution in [-0.4, -0.2) is 12.1 Å². The highest BCUT2D eigenvalue weighted by Gasteiger charge is 2.21. The van der Waals surface area contributed by atoms with Crippen LogP contribution in [0.3, 0.4) is 0 Å². The van der Waals surface area contributed by atoms with Gasteiger partial charge in [0.05, 0.1) is 5.69 Å². The monoisotopic (exact) mass is 208 g/mol. The molecule has 0 aromatic heterocycles. The van der Waals surface area contributed by atoms with Crippen LogP contribution < -0.4 is 11.1 Å². The Morgan fingerprint density at radius 3 is 2.67 bits per heavy atom. The number of nitrogens with two attached hydrogens (primary N) is 1. The lowest BCUT2D eigenvalue weighted by atomic mass is 9.91. The molecule has 0 aliphatic heterocycles. The van der Waals surface area contributed by atoms with Gasteiger partial charge in [-0.05, 0) is 25.0 Å². The number of hydrogen-bond donors (Lipinski definition) is 2. The van der Waals surface area contributed by atoms with Crippen molar-refractivity contribution in [1.29, 1.82) is 0 Å². The quantitative estimate of drug-likeness (QED) is 0.783. The summed E-state index contributed by atoms with van der Waals surface area (Å²) in [4.78, 5) is 0. The minimum absolute atomic E-state index is 0.151. The van der Waals surface area contributed by atoms with Gasteiger partial charge in [-0.3, -0.25) is 0 Å². The van der Waals surface area contributed by atoms with Crippen molar-refractivity contribution in [3.05, 3.63) is 30.1 Å². The molecular weight excluding hydrogens is 191 g/mol. The SMILES string of the molecule is N[C@H]1CCCC[C@H]1Nc1ccccc1F. The molecule has 3 heteroatoms. The van der Waals surface area contributed by atoms with Crippen molar-refractivity contribution in [2.24, 2.45) is 5.73 Å². The van der Waals surface area contributed by atoms with Crippen molar-refractivity contribution in [3.8, 4) is 0 Å². The second kappa shape index (κ2) is 4.62. The molecule has 2 rings (SSSR count). The van der Waals surface area contributed by atoms with E-state index in [9.17, 15) is 4.39 Å². The van der Waals surface area contributed by atoms with Crippen LogP contribution >= 0.6 is 0 Å². The Balaban J connectivity index is 2.04. The molecule has 3 N–H and O–H groups in total. The van der Waals surface area contributed by atoms with E-state index in [2.05, 4.69) is 5.32 Å². The second-order valence-electron chi connectivity index (χ2n) is 4.18. The predicted octanol–water partition coefficient (Wildman–Crippen LogP) is 2.51. The maximum atomic E-state index is 13.4. The van der Waals surface area contributed by atoms with Gasteiger partial charge >= 0.3 is 0 Å². The summed E-state index contributed by atoms with van der Waals surface area (Å²) in [7, 11) is 0. The molecule has 1 saturated carbocycles. The molecule has 15 heavy (non-hydrogen) atoms. The zero-order chi connectivity index (χ0) is 10.7. The Kier molecular flexibility index (Phi) is 3.21. The zero-order valence-corrected chi connectivity index (χ0v) is 8.75. The van der Waals surface area contributed by atoms with Crippen LogP contribution in [0.1, 0.15) is 25.7 Å². The number of para-hydroxylation sites is 1. The van der Waals surface area contributed by atoms with Crippen LogP contribution in [0.25, 0.3) is 0 Å². The van der Waals surface area contributed by atoms with E-state index in [1.807, 2.05) is 6.07 Å². The smallest absolute Gasteiger partial charge is 0.146 e. The fraction of sp³-hybridized carbons (Fsp3) is 0.500. The van der Waals surface area contributed by atoms with Crippen LogP contribution in [0, 0.1) is 5.82 Å². The van der Waals surface area contributed by atoms with E-state index < -0.39 is 0 Å². The third-order valence-electron chi connectivity index (χ3n) is 3.03. The Bertz CT molecular complexity index is 327. The molecule has 1 fully saturated rings. The summed E-state index contributed by atoms with van der Waals surface area (Å²) in [5.74, 6) is -0.199. The van der Waals surface area contributed by atoms with E-state index >= 15 is 0 Å². The molecule has 2 atom stereocenters. The first-order valence-corrected chi connectivity index (χ1v) is 5.54. The van der Waals surface area contributed by atoms with E-state index in [-0.39, 0.29) is 17.9 Å². The van der Waals surface area contributed by atoms with Gasteiger partial charge < -0.3 is 11.1 Å². The largest absolute Gasteiger partial charge is 0.378 e. The molecule has 0 heterocycles. The highest BCUT2D eigenvalue weighted by Crippen LogP contribution is 2.22. The fourth-order valence-electron chi connectivity index (χ4n) is 2.12. The molecule has 0 bridgehead atoms. The minimum Gasteiger partial charge on any atom is -0.378 e. The molecule has 0 saturated heterocycles. The van der Waals surface area contributed by atoms with Gasteiger partial charge in [0.1, 0.15) is 5.82 Å². The Morgan fingerprint density at radius 2 is 1.93 bits per heavy atom. The van der Waals surface area contributed by atoms with Gasteiger partial charge in [-0.25, -0.2) is 4.39 Å². The van der Waals surface area contributed by atoms with E-state index in [1.54, 1.807) is 12.1 Å². The van der Waals surface area contributed by atoms with Crippen molar-refractivity contribution >= 4 is 5.69 Å². The summed E-state index contributed by atoms with van der Waals surface area (Å²) in [6.45, 7) is 0. The van der Waals surface area contributed by atoms with Crippen LogP contribution in [0.2, 0.25) is 0 Å². The molecule has 1 aliphatic carbocycles. The summed E-state index contributed by atoms with van der Waals surface area (Å²) in [6, 6.07) is 7.13. The van der Waals surface area contributed by atoms with Crippen LogP contribution in [0.15, 0.2) is 24.3 Å². The lowest BCUT2D eigenvalue weighted by Crippen LogP contribution is -2.42. The highest BCUT2D eigenvalue weighted by molar-refractivity contribution is 5.45. The van der Waals surface area contributed by atoms with Crippen molar-refractivity contribution in [1.82, 2.24) is 0 Å². The molecule has 0 amide bonds. The van der Waals surface area contributed by atoms with Crippen molar-refractivity contribution < 1.29 is 4.39 Å². The van der Waals surface area contributed by atoms with E-state index in [0.29, 0.717) is 5.69 Å². The van der Waals surface area contributed by atoms with Crippen molar-refractivity contribution in [2.45, 2.75) is 37.8 Å². The number of nitrogens with one attached hydrogen (secondary N) is 1. The van der Waals surface area contributed by atoms with Crippen LogP contribution in [-0.2, 0) is 0 Å². The molecule has 2 nitrogen and oxygen atoms in total. The average Bonchev–Trinajstić information content (AvgIpc) is 2.24. The highest BCUT2D eigenvalue weighted by atomic mass is 19.1. The van der Waals surface area contributed by atoms with Gasteiger partial charge in [-0.1, -0.05) is 25.0 Å². The number of rotatable bonds is 2.